The highest BCUT2D eigenvalue weighted by molar-refractivity contribution is 8.00. The summed E-state index contributed by atoms with van der Waals surface area (Å²) in [7, 11) is 0. The number of nitrogen functional groups attached to an aromatic ring is 1. The highest BCUT2D eigenvalue weighted by Crippen LogP contribution is 2.43. The number of carbonyl (C=O) groups excluding carboxylic acids is 1. The van der Waals surface area contributed by atoms with E-state index in [0.717, 1.165) is 0 Å². The molecule has 0 saturated carbocycles. The largest absolute Gasteiger partial charge is 0.398 e. The quantitative estimate of drug-likeness (QED) is 0.836. The van der Waals surface area contributed by atoms with Gasteiger partial charge < -0.3 is 11.5 Å². The van der Waals surface area contributed by atoms with E-state index in [1.165, 1.54) is 11.8 Å². The first kappa shape index (κ1) is 13.5. The zero-order valence-electron chi connectivity index (χ0n) is 8.88. The van der Waals surface area contributed by atoms with Gasteiger partial charge in [-0.25, -0.2) is 0 Å². The van der Waals surface area contributed by atoms with Crippen LogP contribution in [0.25, 0.3) is 0 Å². The van der Waals surface area contributed by atoms with E-state index in [-0.39, 0.29) is 5.02 Å². The molecule has 88 valence electrons. The smallest absolute Gasteiger partial charge is 0.238 e. The van der Waals surface area contributed by atoms with Crippen molar-refractivity contribution in [2.24, 2.45) is 5.73 Å². The van der Waals surface area contributed by atoms with E-state index in [2.05, 4.69) is 0 Å². The third-order valence-corrected chi connectivity index (χ3v) is 4.51. The average molecular weight is 279 g/mol. The van der Waals surface area contributed by atoms with Crippen molar-refractivity contribution < 1.29 is 4.79 Å². The molecule has 16 heavy (non-hydrogen) atoms. The minimum Gasteiger partial charge on any atom is -0.398 e. The Morgan fingerprint density at radius 1 is 1.44 bits per heavy atom. The summed E-state index contributed by atoms with van der Waals surface area (Å²) in [5, 5.41) is 0.629. The van der Waals surface area contributed by atoms with Crippen molar-refractivity contribution >= 4 is 46.6 Å². The molecule has 4 N–H and O–H groups in total. The number of anilines is 1. The van der Waals surface area contributed by atoms with E-state index >= 15 is 0 Å². The Morgan fingerprint density at radius 3 is 2.44 bits per heavy atom. The fourth-order valence-electron chi connectivity index (χ4n) is 1.38. The maximum Gasteiger partial charge on any atom is 0.238 e. The molecule has 1 atom stereocenters. The molecule has 0 heterocycles. The minimum atomic E-state index is -0.980. The van der Waals surface area contributed by atoms with E-state index in [0.29, 0.717) is 16.3 Å². The number of nitrogens with two attached hydrogens (primary N) is 2. The molecule has 0 saturated heterocycles. The van der Waals surface area contributed by atoms with Gasteiger partial charge in [-0.15, -0.1) is 11.8 Å². The van der Waals surface area contributed by atoms with Crippen LogP contribution in [-0.4, -0.2) is 12.2 Å². The maximum atomic E-state index is 11.5. The fraction of sp³-hybridized carbons (Fsp3) is 0.300. The van der Waals surface area contributed by atoms with Crippen molar-refractivity contribution in [1.29, 1.82) is 0 Å². The maximum absolute atomic E-state index is 11.5. The van der Waals surface area contributed by atoms with Crippen LogP contribution >= 0.6 is 35.0 Å². The molecule has 1 amide bonds. The first-order valence-electron chi connectivity index (χ1n) is 4.43. The van der Waals surface area contributed by atoms with Gasteiger partial charge >= 0.3 is 0 Å². The van der Waals surface area contributed by atoms with Crippen LogP contribution in [-0.2, 0) is 9.54 Å². The van der Waals surface area contributed by atoms with Gasteiger partial charge in [0.15, 0.2) is 0 Å². The van der Waals surface area contributed by atoms with Crippen molar-refractivity contribution in [3.05, 3.63) is 27.7 Å². The van der Waals surface area contributed by atoms with Crippen LogP contribution < -0.4 is 11.5 Å². The molecule has 0 aliphatic carbocycles. The molecule has 1 aromatic rings. The van der Waals surface area contributed by atoms with Crippen molar-refractivity contribution in [3.8, 4) is 0 Å². The standard InChI is InChI=1S/C10H12Cl2N2OS/c1-10(16-2,9(14)15)7-6(13)4-3-5(11)8(7)12/h3-4H,13H2,1-2H3,(H2,14,15). The van der Waals surface area contributed by atoms with Gasteiger partial charge in [-0.05, 0) is 25.3 Å². The molecule has 3 nitrogen and oxygen atoms in total. The lowest BCUT2D eigenvalue weighted by atomic mass is 9.97. The summed E-state index contributed by atoms with van der Waals surface area (Å²) in [6.07, 6.45) is 1.77. The first-order valence-corrected chi connectivity index (χ1v) is 6.41. The Bertz CT molecular complexity index is 439. The number of benzene rings is 1. The second-order valence-electron chi connectivity index (χ2n) is 3.43. The predicted molar refractivity (Wildman–Crippen MR) is 70.9 cm³/mol. The molecule has 1 aromatic carbocycles. The molecular weight excluding hydrogens is 267 g/mol. The average Bonchev–Trinajstić information content (AvgIpc) is 2.23. The summed E-state index contributed by atoms with van der Waals surface area (Å²) in [4.78, 5) is 11.5. The SMILES string of the molecule is CSC(C)(C(N)=O)c1c(N)ccc(Cl)c1Cl. The van der Waals surface area contributed by atoms with Gasteiger partial charge in [0.1, 0.15) is 4.75 Å². The zero-order chi connectivity index (χ0) is 12.5. The van der Waals surface area contributed by atoms with E-state index in [9.17, 15) is 4.79 Å². The third-order valence-electron chi connectivity index (χ3n) is 2.48. The van der Waals surface area contributed by atoms with E-state index < -0.39 is 10.7 Å². The monoisotopic (exact) mass is 278 g/mol. The van der Waals surface area contributed by atoms with Crippen molar-refractivity contribution in [1.82, 2.24) is 0 Å². The molecule has 0 spiro atoms. The number of hydrogen-bond donors (Lipinski definition) is 2. The normalized spacial score (nSPS) is 14.5. The molecule has 0 aliphatic heterocycles. The van der Waals surface area contributed by atoms with Gasteiger partial charge in [0.05, 0.1) is 10.0 Å². The molecule has 0 aliphatic rings. The summed E-state index contributed by atoms with van der Waals surface area (Å²) in [5.41, 5.74) is 12.1. The van der Waals surface area contributed by atoms with Gasteiger partial charge in [-0.2, -0.15) is 0 Å². The second kappa shape index (κ2) is 4.73. The summed E-state index contributed by atoms with van der Waals surface area (Å²) in [5.74, 6) is -0.504. The molecule has 0 radical (unpaired) electrons. The first-order chi connectivity index (χ1) is 7.34. The van der Waals surface area contributed by atoms with Crippen LogP contribution in [0.4, 0.5) is 5.69 Å². The summed E-state index contributed by atoms with van der Waals surface area (Å²) >= 11 is 13.3. The molecular formula is C10H12Cl2N2OS. The zero-order valence-corrected chi connectivity index (χ0v) is 11.2. The number of halogens is 2. The number of thioether (sulfide) groups is 1. The van der Waals surface area contributed by atoms with E-state index in [1.807, 2.05) is 0 Å². The second-order valence-corrected chi connectivity index (χ2v) is 5.44. The highest BCUT2D eigenvalue weighted by atomic mass is 35.5. The summed E-state index contributed by atoms with van der Waals surface area (Å²) in [6.45, 7) is 1.67. The van der Waals surface area contributed by atoms with Crippen LogP contribution in [0.2, 0.25) is 10.0 Å². The topological polar surface area (TPSA) is 69.1 Å². The molecule has 1 unspecified atom stereocenters. The number of hydrogen-bond acceptors (Lipinski definition) is 3. The van der Waals surface area contributed by atoms with Crippen LogP contribution in [0.1, 0.15) is 12.5 Å². The minimum absolute atomic E-state index is 0.275. The number of primary amides is 1. The highest BCUT2D eigenvalue weighted by Gasteiger charge is 2.36. The van der Waals surface area contributed by atoms with Gasteiger partial charge in [0.2, 0.25) is 5.91 Å². The lowest BCUT2D eigenvalue weighted by Gasteiger charge is -2.27. The van der Waals surface area contributed by atoms with Gasteiger partial charge in [0, 0.05) is 11.3 Å². The Hall–Kier alpha value is -0.580. The predicted octanol–water partition coefficient (Wildman–Crippen LogP) is 2.64. The molecule has 0 fully saturated rings. The van der Waals surface area contributed by atoms with Gasteiger partial charge in [0.25, 0.3) is 0 Å². The number of carbonyl (C=O) groups is 1. The molecule has 0 aromatic heterocycles. The summed E-state index contributed by atoms with van der Waals surface area (Å²) < 4.78 is -0.980. The summed E-state index contributed by atoms with van der Waals surface area (Å²) in [6, 6.07) is 3.20. The Kier molecular flexibility index (Phi) is 3.99. The lowest BCUT2D eigenvalue weighted by molar-refractivity contribution is -0.120. The number of amides is 1. The van der Waals surface area contributed by atoms with Crippen LogP contribution in [0.15, 0.2) is 12.1 Å². The lowest BCUT2D eigenvalue weighted by Crippen LogP contribution is -2.36. The Balaban J connectivity index is 3.53. The third kappa shape index (κ3) is 2.10. The number of rotatable bonds is 3. The molecule has 0 bridgehead atoms. The van der Waals surface area contributed by atoms with Crippen LogP contribution in [0.5, 0.6) is 0 Å². The van der Waals surface area contributed by atoms with Gasteiger partial charge in [-0.1, -0.05) is 23.2 Å². The van der Waals surface area contributed by atoms with E-state index in [4.69, 9.17) is 34.7 Å². The van der Waals surface area contributed by atoms with Crippen molar-refractivity contribution in [2.75, 3.05) is 12.0 Å². The Labute approximate surface area is 108 Å². The van der Waals surface area contributed by atoms with Crippen LogP contribution in [0.3, 0.4) is 0 Å². The fourth-order valence-corrected chi connectivity index (χ4v) is 2.58. The van der Waals surface area contributed by atoms with Crippen molar-refractivity contribution in [2.45, 2.75) is 11.7 Å². The molecule has 6 heteroatoms. The van der Waals surface area contributed by atoms with E-state index in [1.54, 1.807) is 25.3 Å². The van der Waals surface area contributed by atoms with Gasteiger partial charge in [-0.3, -0.25) is 4.79 Å². The Morgan fingerprint density at radius 2 is 2.00 bits per heavy atom. The van der Waals surface area contributed by atoms with Crippen molar-refractivity contribution in [3.63, 3.8) is 0 Å². The van der Waals surface area contributed by atoms with Crippen LogP contribution in [0, 0.1) is 0 Å². The molecule has 1 rings (SSSR count).